The number of para-hydroxylation sites is 1. The first kappa shape index (κ1) is 15.8. The Morgan fingerprint density at radius 3 is 3.08 bits per heavy atom. The average molecular weight is 334 g/mol. The fourth-order valence-corrected chi connectivity index (χ4v) is 3.52. The molecule has 2 aromatic heterocycles. The predicted molar refractivity (Wildman–Crippen MR) is 99.6 cm³/mol. The van der Waals surface area contributed by atoms with Crippen molar-refractivity contribution < 1.29 is 4.79 Å². The molecule has 5 heteroatoms. The van der Waals surface area contributed by atoms with Crippen LogP contribution in [-0.2, 0) is 24.8 Å². The second-order valence-electron chi connectivity index (χ2n) is 6.68. The van der Waals surface area contributed by atoms with Crippen LogP contribution in [0.15, 0.2) is 42.7 Å². The molecule has 0 radical (unpaired) electrons. The van der Waals surface area contributed by atoms with Gasteiger partial charge < -0.3 is 15.2 Å². The highest BCUT2D eigenvalue weighted by atomic mass is 16.1. The minimum absolute atomic E-state index is 0.0122. The molecule has 3 heterocycles. The first-order valence-corrected chi connectivity index (χ1v) is 8.67. The van der Waals surface area contributed by atoms with Gasteiger partial charge in [-0.3, -0.25) is 9.78 Å². The number of amides is 1. The van der Waals surface area contributed by atoms with E-state index in [1.807, 2.05) is 38.4 Å². The van der Waals surface area contributed by atoms with E-state index in [-0.39, 0.29) is 11.8 Å². The molecule has 5 nitrogen and oxygen atoms in total. The zero-order valence-corrected chi connectivity index (χ0v) is 14.5. The summed E-state index contributed by atoms with van der Waals surface area (Å²) in [6.45, 7) is 3.72. The number of pyridine rings is 1. The molecule has 25 heavy (non-hydrogen) atoms. The maximum Gasteiger partial charge on any atom is 0.231 e. The van der Waals surface area contributed by atoms with Crippen LogP contribution in [0.25, 0.3) is 10.9 Å². The number of carbonyl (C=O) groups excluding carboxylic acids is 1. The molecular weight excluding hydrogens is 312 g/mol. The van der Waals surface area contributed by atoms with Crippen LogP contribution in [-0.4, -0.2) is 22.0 Å². The van der Waals surface area contributed by atoms with Gasteiger partial charge in [0, 0.05) is 49.4 Å². The van der Waals surface area contributed by atoms with Crippen LogP contribution >= 0.6 is 0 Å². The molecule has 0 saturated heterocycles. The lowest BCUT2D eigenvalue weighted by molar-refractivity contribution is -0.117. The number of aromatic nitrogens is 2. The zero-order chi connectivity index (χ0) is 17.4. The van der Waals surface area contributed by atoms with Gasteiger partial charge in [-0.05, 0) is 30.2 Å². The van der Waals surface area contributed by atoms with Crippen molar-refractivity contribution >= 4 is 22.5 Å². The van der Waals surface area contributed by atoms with Crippen LogP contribution in [0.1, 0.15) is 29.7 Å². The Bertz CT molecular complexity index is 944. The minimum atomic E-state index is -0.236. The van der Waals surface area contributed by atoms with Crippen LogP contribution in [0.4, 0.5) is 5.69 Å². The molecule has 1 atom stereocenters. The van der Waals surface area contributed by atoms with Gasteiger partial charge in [0.05, 0.1) is 17.8 Å². The number of aryl methyl sites for hydroxylation is 1. The molecular formula is C20H22N4O. The predicted octanol–water partition coefficient (Wildman–Crippen LogP) is 2.96. The van der Waals surface area contributed by atoms with Crippen LogP contribution in [0.5, 0.6) is 0 Å². The molecule has 3 aromatic rings. The third kappa shape index (κ3) is 2.91. The lowest BCUT2D eigenvalue weighted by Crippen LogP contribution is -2.25. The third-order valence-electron chi connectivity index (χ3n) is 4.97. The number of hydrogen-bond donors (Lipinski definition) is 2. The number of hydrogen-bond acceptors (Lipinski definition) is 3. The number of fused-ring (bicyclic) bond motifs is 2. The fourth-order valence-electron chi connectivity index (χ4n) is 3.52. The largest absolute Gasteiger partial charge is 0.350 e. The van der Waals surface area contributed by atoms with Crippen molar-refractivity contribution in [3.8, 4) is 0 Å². The SMILES string of the molecule is CC(C(=O)Nc1cnc2c(c1)CNCC2)c1cn(C)c2ccccc12. The first-order chi connectivity index (χ1) is 12.1. The summed E-state index contributed by atoms with van der Waals surface area (Å²) < 4.78 is 2.07. The number of benzene rings is 1. The van der Waals surface area contributed by atoms with E-state index in [0.29, 0.717) is 0 Å². The molecule has 2 N–H and O–H groups in total. The Hall–Kier alpha value is -2.66. The van der Waals surface area contributed by atoms with Gasteiger partial charge in [-0.15, -0.1) is 0 Å². The van der Waals surface area contributed by atoms with Crippen molar-refractivity contribution in [2.24, 2.45) is 7.05 Å². The van der Waals surface area contributed by atoms with E-state index in [4.69, 9.17) is 0 Å². The van der Waals surface area contributed by atoms with Crippen molar-refractivity contribution in [1.82, 2.24) is 14.9 Å². The van der Waals surface area contributed by atoms with Gasteiger partial charge in [0.2, 0.25) is 5.91 Å². The normalized spacial score (nSPS) is 15.0. The van der Waals surface area contributed by atoms with Gasteiger partial charge in [0.1, 0.15) is 0 Å². The van der Waals surface area contributed by atoms with Gasteiger partial charge in [0.15, 0.2) is 0 Å². The molecule has 0 saturated carbocycles. The number of anilines is 1. The second-order valence-corrected chi connectivity index (χ2v) is 6.68. The summed E-state index contributed by atoms with van der Waals surface area (Å²) >= 11 is 0. The molecule has 0 fully saturated rings. The minimum Gasteiger partial charge on any atom is -0.350 e. The Morgan fingerprint density at radius 2 is 2.20 bits per heavy atom. The zero-order valence-electron chi connectivity index (χ0n) is 14.5. The van der Waals surface area contributed by atoms with Crippen molar-refractivity contribution in [2.45, 2.75) is 25.8 Å². The smallest absolute Gasteiger partial charge is 0.231 e. The van der Waals surface area contributed by atoms with Crippen LogP contribution in [0.3, 0.4) is 0 Å². The molecule has 0 spiro atoms. The molecule has 0 bridgehead atoms. The van der Waals surface area contributed by atoms with Crippen LogP contribution < -0.4 is 10.6 Å². The number of rotatable bonds is 3. The van der Waals surface area contributed by atoms with E-state index in [1.54, 1.807) is 6.20 Å². The fraction of sp³-hybridized carbons (Fsp3) is 0.300. The van der Waals surface area contributed by atoms with Crippen molar-refractivity contribution in [2.75, 3.05) is 11.9 Å². The summed E-state index contributed by atoms with van der Waals surface area (Å²) in [6, 6.07) is 10.2. The summed E-state index contributed by atoms with van der Waals surface area (Å²) in [6.07, 6.45) is 4.75. The summed E-state index contributed by atoms with van der Waals surface area (Å²) in [5.41, 5.74) is 5.24. The lowest BCUT2D eigenvalue weighted by atomic mass is 9.99. The summed E-state index contributed by atoms with van der Waals surface area (Å²) in [5.74, 6) is -0.248. The Labute approximate surface area is 147 Å². The van der Waals surface area contributed by atoms with Gasteiger partial charge in [0.25, 0.3) is 0 Å². The van der Waals surface area contributed by atoms with E-state index in [1.165, 1.54) is 5.56 Å². The monoisotopic (exact) mass is 334 g/mol. The van der Waals surface area contributed by atoms with Gasteiger partial charge >= 0.3 is 0 Å². The van der Waals surface area contributed by atoms with Gasteiger partial charge in [-0.25, -0.2) is 0 Å². The maximum absolute atomic E-state index is 12.8. The highest BCUT2D eigenvalue weighted by Crippen LogP contribution is 2.28. The standard InChI is InChI=1S/C20H22N4O/c1-13(17-12-24(2)19-6-4-3-5-16(17)19)20(25)23-15-9-14-10-21-8-7-18(14)22-11-15/h3-6,9,11-13,21H,7-8,10H2,1-2H3,(H,23,25). The summed E-state index contributed by atoms with van der Waals surface area (Å²) in [7, 11) is 2.01. The Kier molecular flexibility index (Phi) is 4.01. The van der Waals surface area contributed by atoms with Crippen LogP contribution in [0, 0.1) is 0 Å². The van der Waals surface area contributed by atoms with Crippen molar-refractivity contribution in [3.05, 3.63) is 59.5 Å². The molecule has 1 aliphatic heterocycles. The van der Waals surface area contributed by atoms with Crippen LogP contribution in [0.2, 0.25) is 0 Å². The summed E-state index contributed by atoms with van der Waals surface area (Å²) in [4.78, 5) is 17.3. The number of nitrogens with zero attached hydrogens (tertiary/aromatic N) is 2. The highest BCUT2D eigenvalue weighted by molar-refractivity contribution is 5.99. The molecule has 1 aromatic carbocycles. The van der Waals surface area contributed by atoms with E-state index in [2.05, 4.69) is 32.3 Å². The van der Waals surface area contributed by atoms with Crippen molar-refractivity contribution in [3.63, 3.8) is 0 Å². The molecule has 1 amide bonds. The van der Waals surface area contributed by atoms with Gasteiger partial charge in [-0.2, -0.15) is 0 Å². The second kappa shape index (κ2) is 6.33. The Balaban J connectivity index is 1.58. The van der Waals surface area contributed by atoms with Crippen molar-refractivity contribution in [1.29, 1.82) is 0 Å². The lowest BCUT2D eigenvalue weighted by Gasteiger charge is -2.18. The molecule has 1 unspecified atom stereocenters. The molecule has 1 aliphatic rings. The molecule has 0 aliphatic carbocycles. The van der Waals surface area contributed by atoms with E-state index in [9.17, 15) is 4.79 Å². The summed E-state index contributed by atoms with van der Waals surface area (Å²) in [5, 5.41) is 7.49. The van der Waals surface area contributed by atoms with Gasteiger partial charge in [-0.1, -0.05) is 18.2 Å². The number of nitrogens with one attached hydrogen (secondary N) is 2. The molecule has 128 valence electrons. The average Bonchev–Trinajstić information content (AvgIpc) is 2.98. The van der Waals surface area contributed by atoms with E-state index < -0.39 is 0 Å². The quantitative estimate of drug-likeness (QED) is 0.774. The molecule has 4 rings (SSSR count). The third-order valence-corrected chi connectivity index (χ3v) is 4.97. The van der Waals surface area contributed by atoms with E-state index in [0.717, 1.165) is 47.4 Å². The highest BCUT2D eigenvalue weighted by Gasteiger charge is 2.20. The van der Waals surface area contributed by atoms with E-state index >= 15 is 0 Å². The Morgan fingerprint density at radius 1 is 1.36 bits per heavy atom. The first-order valence-electron chi connectivity index (χ1n) is 8.67. The topological polar surface area (TPSA) is 59.0 Å². The maximum atomic E-state index is 12.8. The number of carbonyl (C=O) groups is 1.